The fourth-order valence-electron chi connectivity index (χ4n) is 2.53. The van der Waals surface area contributed by atoms with E-state index in [4.69, 9.17) is 4.43 Å². The third kappa shape index (κ3) is 4.68. The third-order valence-electron chi connectivity index (χ3n) is 5.57. The molecule has 0 aliphatic carbocycles. The monoisotopic (exact) mass is 348 g/mol. The van der Waals surface area contributed by atoms with Crippen LogP contribution in [0.1, 0.15) is 41.5 Å². The van der Waals surface area contributed by atoms with Crippen molar-refractivity contribution in [2.75, 3.05) is 0 Å². The molecule has 0 bridgehead atoms. The highest BCUT2D eigenvalue weighted by atomic mass is 28.4. The zero-order valence-electron chi connectivity index (χ0n) is 16.9. The minimum absolute atomic E-state index is 0.231. The van der Waals surface area contributed by atoms with Gasteiger partial charge < -0.3 is 4.43 Å². The molecule has 0 aromatic heterocycles. The quantitative estimate of drug-likeness (QED) is 0.476. The summed E-state index contributed by atoms with van der Waals surface area (Å²) >= 11 is 0. The predicted octanol–water partition coefficient (Wildman–Crippen LogP) is 5.89. The van der Waals surface area contributed by atoms with Crippen LogP contribution in [0.2, 0.25) is 31.2 Å². The molecular formula is C20H36OSi2. The van der Waals surface area contributed by atoms with E-state index in [9.17, 15) is 0 Å². The van der Waals surface area contributed by atoms with E-state index < -0.39 is 16.4 Å². The average molecular weight is 349 g/mol. The first kappa shape index (κ1) is 20.4. The Labute approximate surface area is 146 Å². The van der Waals surface area contributed by atoms with Crippen LogP contribution >= 0.6 is 0 Å². The van der Waals surface area contributed by atoms with Crippen LogP contribution in [0.5, 0.6) is 0 Å². The summed E-state index contributed by atoms with van der Waals surface area (Å²) in [5.41, 5.74) is 3.07. The maximum Gasteiger partial charge on any atom is 0.192 e. The minimum Gasteiger partial charge on any atom is -0.413 e. The lowest BCUT2D eigenvalue weighted by molar-refractivity contribution is 0.274. The van der Waals surface area contributed by atoms with E-state index in [1.165, 1.54) is 16.3 Å². The molecule has 0 aliphatic heterocycles. The van der Waals surface area contributed by atoms with Gasteiger partial charge in [-0.05, 0) is 38.9 Å². The van der Waals surface area contributed by atoms with Crippen molar-refractivity contribution in [2.45, 2.75) is 78.5 Å². The highest BCUT2D eigenvalue weighted by Gasteiger charge is 2.44. The molecule has 0 N–H and O–H groups in total. The van der Waals surface area contributed by atoms with E-state index in [-0.39, 0.29) is 10.8 Å². The maximum atomic E-state index is 6.99. The van der Waals surface area contributed by atoms with Crippen molar-refractivity contribution in [1.29, 1.82) is 0 Å². The van der Waals surface area contributed by atoms with Crippen molar-refractivity contribution < 1.29 is 4.43 Å². The Kier molecular flexibility index (Phi) is 6.28. The van der Waals surface area contributed by atoms with E-state index in [2.05, 4.69) is 98.1 Å². The molecule has 1 aromatic carbocycles. The molecule has 1 nitrogen and oxygen atoms in total. The van der Waals surface area contributed by atoms with Crippen LogP contribution in [0.3, 0.4) is 0 Å². The van der Waals surface area contributed by atoms with E-state index >= 15 is 0 Å². The van der Waals surface area contributed by atoms with Crippen LogP contribution in [0.15, 0.2) is 41.5 Å². The first-order valence-corrected chi connectivity index (χ1v) is 14.7. The van der Waals surface area contributed by atoms with Crippen LogP contribution in [0.25, 0.3) is 0 Å². The van der Waals surface area contributed by atoms with Crippen LogP contribution in [0, 0.1) is 0 Å². The summed E-state index contributed by atoms with van der Waals surface area (Å²) in [5, 5.41) is 1.71. The molecular weight excluding hydrogens is 312 g/mol. The van der Waals surface area contributed by atoms with Crippen LogP contribution < -0.4 is 5.19 Å². The third-order valence-corrected chi connectivity index (χ3v) is 13.9. The SMILES string of the molecule is CC(C)=C(C)C(O[Si](C)(C)C(C)(C)C)[Si](C)(C)c1ccccc1. The maximum absolute atomic E-state index is 6.99. The average Bonchev–Trinajstić information content (AvgIpc) is 2.43. The molecule has 1 atom stereocenters. The van der Waals surface area contributed by atoms with Gasteiger partial charge in [0.1, 0.15) is 8.07 Å². The van der Waals surface area contributed by atoms with Gasteiger partial charge in [0.25, 0.3) is 0 Å². The van der Waals surface area contributed by atoms with Gasteiger partial charge in [0, 0.05) is 0 Å². The second-order valence-electron chi connectivity index (χ2n) is 9.03. The smallest absolute Gasteiger partial charge is 0.192 e. The van der Waals surface area contributed by atoms with Crippen LogP contribution in [-0.2, 0) is 4.43 Å². The van der Waals surface area contributed by atoms with Gasteiger partial charge in [0.15, 0.2) is 8.32 Å². The van der Waals surface area contributed by atoms with Gasteiger partial charge in [-0.2, -0.15) is 0 Å². The van der Waals surface area contributed by atoms with Gasteiger partial charge in [-0.1, -0.05) is 80.5 Å². The van der Waals surface area contributed by atoms with Crippen LogP contribution in [0.4, 0.5) is 0 Å². The Morgan fingerprint density at radius 3 is 1.78 bits per heavy atom. The van der Waals surface area contributed by atoms with E-state index in [0.717, 1.165) is 0 Å². The zero-order chi connectivity index (χ0) is 18.1. The molecule has 0 aliphatic rings. The molecule has 0 fully saturated rings. The Hall–Kier alpha value is -0.646. The number of benzene rings is 1. The van der Waals surface area contributed by atoms with Gasteiger partial charge in [-0.15, -0.1) is 0 Å². The molecule has 23 heavy (non-hydrogen) atoms. The first-order valence-electron chi connectivity index (χ1n) is 8.68. The molecule has 1 unspecified atom stereocenters. The molecule has 0 heterocycles. The Bertz CT molecular complexity index is 547. The highest BCUT2D eigenvalue weighted by Crippen LogP contribution is 2.39. The van der Waals surface area contributed by atoms with Crippen molar-refractivity contribution in [1.82, 2.24) is 0 Å². The predicted molar refractivity (Wildman–Crippen MR) is 110 cm³/mol. The zero-order valence-corrected chi connectivity index (χ0v) is 18.9. The molecule has 1 rings (SSSR count). The second kappa shape index (κ2) is 7.08. The van der Waals surface area contributed by atoms with Gasteiger partial charge in [0.05, 0.1) is 5.73 Å². The van der Waals surface area contributed by atoms with E-state index in [1.807, 2.05) is 0 Å². The summed E-state index contributed by atoms with van der Waals surface area (Å²) in [4.78, 5) is 0. The van der Waals surface area contributed by atoms with Crippen molar-refractivity contribution in [3.63, 3.8) is 0 Å². The molecule has 0 spiro atoms. The summed E-state index contributed by atoms with van der Waals surface area (Å²) < 4.78 is 6.99. The summed E-state index contributed by atoms with van der Waals surface area (Å²) in [6.45, 7) is 23.3. The fraction of sp³-hybridized carbons (Fsp3) is 0.600. The number of allylic oxidation sites excluding steroid dienone is 1. The Balaban J connectivity index is 3.36. The lowest BCUT2D eigenvalue weighted by atomic mass is 10.2. The molecule has 130 valence electrons. The van der Waals surface area contributed by atoms with Gasteiger partial charge >= 0.3 is 0 Å². The van der Waals surface area contributed by atoms with Crippen molar-refractivity contribution >= 4 is 21.6 Å². The number of hydrogen-bond donors (Lipinski definition) is 0. The molecule has 0 saturated heterocycles. The number of rotatable bonds is 5. The summed E-state index contributed by atoms with van der Waals surface area (Å²) in [7, 11) is -3.59. The molecule has 3 heteroatoms. The molecule has 0 radical (unpaired) electrons. The lowest BCUT2D eigenvalue weighted by Gasteiger charge is -2.44. The molecule has 0 saturated carbocycles. The lowest BCUT2D eigenvalue weighted by Crippen LogP contribution is -2.59. The molecule has 1 aromatic rings. The van der Waals surface area contributed by atoms with E-state index in [0.29, 0.717) is 0 Å². The van der Waals surface area contributed by atoms with Crippen molar-refractivity contribution in [3.05, 3.63) is 41.5 Å². The topological polar surface area (TPSA) is 9.23 Å². The van der Waals surface area contributed by atoms with Crippen LogP contribution in [-0.4, -0.2) is 22.1 Å². The van der Waals surface area contributed by atoms with Gasteiger partial charge in [-0.25, -0.2) is 0 Å². The van der Waals surface area contributed by atoms with Gasteiger partial charge in [0.2, 0.25) is 0 Å². The normalized spacial score (nSPS) is 14.5. The first-order chi connectivity index (χ1) is 10.3. The summed E-state index contributed by atoms with van der Waals surface area (Å²) in [6, 6.07) is 11.0. The second-order valence-corrected chi connectivity index (χ2v) is 18.3. The Morgan fingerprint density at radius 1 is 0.913 bits per heavy atom. The Morgan fingerprint density at radius 2 is 1.39 bits per heavy atom. The number of hydrogen-bond acceptors (Lipinski definition) is 1. The van der Waals surface area contributed by atoms with Gasteiger partial charge in [-0.3, -0.25) is 0 Å². The summed E-state index contributed by atoms with van der Waals surface area (Å²) in [5.74, 6) is 0. The van der Waals surface area contributed by atoms with Crippen molar-refractivity contribution in [3.8, 4) is 0 Å². The highest BCUT2D eigenvalue weighted by molar-refractivity contribution is 6.92. The minimum atomic E-state index is -1.82. The standard InChI is InChI=1S/C20H36OSi2/c1-16(2)17(3)19(21-23(9,10)20(4,5)6)22(7,8)18-14-12-11-13-15-18/h11-15,19H,1-10H3. The fourth-order valence-corrected chi connectivity index (χ4v) is 8.44. The van der Waals surface area contributed by atoms with E-state index in [1.54, 1.807) is 0 Å². The van der Waals surface area contributed by atoms with Crippen molar-refractivity contribution in [2.24, 2.45) is 0 Å². The largest absolute Gasteiger partial charge is 0.413 e. The molecule has 0 amide bonds. The summed E-state index contributed by atoms with van der Waals surface area (Å²) in [6.07, 6.45) is 0.